The predicted molar refractivity (Wildman–Crippen MR) is 51.3 cm³/mol. The van der Waals surface area contributed by atoms with Gasteiger partial charge in [-0.25, -0.2) is 0 Å². The van der Waals surface area contributed by atoms with E-state index in [-0.39, 0.29) is 6.04 Å². The van der Waals surface area contributed by atoms with Crippen LogP contribution in [0.3, 0.4) is 0 Å². The maximum Gasteiger partial charge on any atom is 0.123 e. The van der Waals surface area contributed by atoms with E-state index in [2.05, 4.69) is 22.0 Å². The third kappa shape index (κ3) is 1.47. The van der Waals surface area contributed by atoms with E-state index in [1.807, 2.05) is 12.1 Å². The van der Waals surface area contributed by atoms with Crippen molar-refractivity contribution >= 4 is 15.9 Å². The van der Waals surface area contributed by atoms with Gasteiger partial charge in [-0.1, -0.05) is 22.0 Å². The Labute approximate surface area is 79.8 Å². The Morgan fingerprint density at radius 1 is 1.50 bits per heavy atom. The van der Waals surface area contributed by atoms with Crippen LogP contribution in [0.1, 0.15) is 5.56 Å². The smallest absolute Gasteiger partial charge is 0.123 e. The molecule has 12 heavy (non-hydrogen) atoms. The zero-order chi connectivity index (χ0) is 8.55. The van der Waals surface area contributed by atoms with Gasteiger partial charge in [-0.15, -0.1) is 0 Å². The largest absolute Gasteiger partial charge is 0.492 e. The van der Waals surface area contributed by atoms with Gasteiger partial charge in [0.25, 0.3) is 0 Å². The predicted octanol–water partition coefficient (Wildman–Crippen LogP) is 1.71. The Bertz CT molecular complexity index is 301. The van der Waals surface area contributed by atoms with Gasteiger partial charge < -0.3 is 10.5 Å². The Morgan fingerprint density at radius 2 is 2.33 bits per heavy atom. The zero-order valence-corrected chi connectivity index (χ0v) is 8.17. The first-order chi connectivity index (χ1) is 5.75. The third-order valence-corrected chi connectivity index (χ3v) is 2.46. The quantitative estimate of drug-likeness (QED) is 0.733. The van der Waals surface area contributed by atoms with E-state index in [0.717, 1.165) is 16.6 Å². The summed E-state index contributed by atoms with van der Waals surface area (Å²) in [6, 6.07) is 6.21. The van der Waals surface area contributed by atoms with Crippen LogP contribution < -0.4 is 10.5 Å². The molecule has 0 fully saturated rings. The van der Waals surface area contributed by atoms with Crippen LogP contribution in [-0.2, 0) is 6.42 Å². The van der Waals surface area contributed by atoms with Gasteiger partial charge in [0.05, 0.1) is 0 Å². The van der Waals surface area contributed by atoms with Crippen LogP contribution in [0.25, 0.3) is 0 Å². The highest BCUT2D eigenvalue weighted by atomic mass is 79.9. The normalized spacial score (nSPS) is 21.3. The molecule has 0 aliphatic carbocycles. The average molecular weight is 228 g/mol. The van der Waals surface area contributed by atoms with Crippen LogP contribution in [0.2, 0.25) is 0 Å². The molecule has 1 aliphatic rings. The van der Waals surface area contributed by atoms with Gasteiger partial charge in [-0.3, -0.25) is 0 Å². The van der Waals surface area contributed by atoms with Crippen molar-refractivity contribution in [3.8, 4) is 5.75 Å². The van der Waals surface area contributed by atoms with Gasteiger partial charge >= 0.3 is 0 Å². The Hall–Kier alpha value is -0.540. The van der Waals surface area contributed by atoms with Crippen LogP contribution in [0.4, 0.5) is 0 Å². The molecule has 1 aromatic carbocycles. The van der Waals surface area contributed by atoms with Crippen molar-refractivity contribution in [1.29, 1.82) is 0 Å². The van der Waals surface area contributed by atoms with Gasteiger partial charge in [-0.2, -0.15) is 0 Å². The molecule has 1 aromatic rings. The number of benzene rings is 1. The summed E-state index contributed by atoms with van der Waals surface area (Å²) < 4.78 is 6.51. The second kappa shape index (κ2) is 3.07. The maximum atomic E-state index is 5.75. The molecule has 1 unspecified atom stereocenters. The standard InChI is InChI=1S/C9H10BrNO/c10-7-2-1-6-3-8(11)5-12-9(6)4-7/h1-2,4,8H,3,5,11H2. The zero-order valence-electron chi connectivity index (χ0n) is 6.59. The first-order valence-electron chi connectivity index (χ1n) is 3.92. The van der Waals surface area contributed by atoms with E-state index >= 15 is 0 Å². The summed E-state index contributed by atoms with van der Waals surface area (Å²) in [5, 5.41) is 0. The molecule has 0 amide bonds. The lowest BCUT2D eigenvalue weighted by Crippen LogP contribution is -2.33. The molecule has 0 bridgehead atoms. The number of halogens is 1. The van der Waals surface area contributed by atoms with Gasteiger partial charge in [0.2, 0.25) is 0 Å². The van der Waals surface area contributed by atoms with E-state index in [1.54, 1.807) is 0 Å². The van der Waals surface area contributed by atoms with Crippen LogP contribution in [-0.4, -0.2) is 12.6 Å². The highest BCUT2D eigenvalue weighted by Gasteiger charge is 2.15. The fourth-order valence-electron chi connectivity index (χ4n) is 1.37. The number of nitrogens with two attached hydrogens (primary N) is 1. The molecule has 2 N–H and O–H groups in total. The van der Waals surface area contributed by atoms with Crippen molar-refractivity contribution in [2.45, 2.75) is 12.5 Å². The number of hydrogen-bond donors (Lipinski definition) is 1. The number of ether oxygens (including phenoxy) is 1. The Morgan fingerprint density at radius 3 is 3.17 bits per heavy atom. The van der Waals surface area contributed by atoms with E-state index in [4.69, 9.17) is 10.5 Å². The van der Waals surface area contributed by atoms with Crippen molar-refractivity contribution in [2.75, 3.05) is 6.61 Å². The molecular formula is C9H10BrNO. The van der Waals surface area contributed by atoms with Crippen LogP contribution in [0, 0.1) is 0 Å². The molecule has 64 valence electrons. The maximum absolute atomic E-state index is 5.75. The van der Waals surface area contributed by atoms with Gasteiger partial charge in [0.15, 0.2) is 0 Å². The minimum Gasteiger partial charge on any atom is -0.492 e. The summed E-state index contributed by atoms with van der Waals surface area (Å²) in [6.45, 7) is 0.628. The molecule has 0 saturated heterocycles. The minimum atomic E-state index is 0.152. The molecule has 1 aliphatic heterocycles. The lowest BCUT2D eigenvalue weighted by molar-refractivity contribution is 0.263. The molecule has 1 atom stereocenters. The molecule has 2 rings (SSSR count). The Kier molecular flexibility index (Phi) is 2.07. The highest BCUT2D eigenvalue weighted by molar-refractivity contribution is 9.10. The SMILES string of the molecule is NC1COc2cc(Br)ccc2C1. The average Bonchev–Trinajstić information content (AvgIpc) is 2.05. The number of rotatable bonds is 0. The van der Waals surface area contributed by atoms with Crippen molar-refractivity contribution in [3.05, 3.63) is 28.2 Å². The topological polar surface area (TPSA) is 35.2 Å². The van der Waals surface area contributed by atoms with E-state index in [1.165, 1.54) is 5.56 Å². The highest BCUT2D eigenvalue weighted by Crippen LogP contribution is 2.27. The summed E-state index contributed by atoms with van der Waals surface area (Å²) in [7, 11) is 0. The molecule has 3 heteroatoms. The van der Waals surface area contributed by atoms with Crippen molar-refractivity contribution < 1.29 is 4.74 Å². The van der Waals surface area contributed by atoms with E-state index < -0.39 is 0 Å². The third-order valence-electron chi connectivity index (χ3n) is 1.96. The van der Waals surface area contributed by atoms with Crippen LogP contribution in [0.15, 0.2) is 22.7 Å². The van der Waals surface area contributed by atoms with Crippen LogP contribution >= 0.6 is 15.9 Å². The fraction of sp³-hybridized carbons (Fsp3) is 0.333. The molecule has 1 heterocycles. The van der Waals surface area contributed by atoms with Crippen molar-refractivity contribution in [3.63, 3.8) is 0 Å². The summed E-state index contributed by atoms with van der Waals surface area (Å²) in [6.07, 6.45) is 0.919. The summed E-state index contributed by atoms with van der Waals surface area (Å²) >= 11 is 3.39. The molecule has 0 spiro atoms. The van der Waals surface area contributed by atoms with Gasteiger partial charge in [-0.05, 0) is 24.1 Å². The fourth-order valence-corrected chi connectivity index (χ4v) is 1.71. The lowest BCUT2D eigenvalue weighted by atomic mass is 10.0. The number of hydrogen-bond acceptors (Lipinski definition) is 2. The Balaban J connectivity index is 2.37. The monoisotopic (exact) mass is 227 g/mol. The van der Waals surface area contributed by atoms with Crippen LogP contribution in [0.5, 0.6) is 5.75 Å². The molecule has 0 saturated carbocycles. The van der Waals surface area contributed by atoms with Gasteiger partial charge in [0, 0.05) is 10.5 Å². The van der Waals surface area contributed by atoms with Crippen molar-refractivity contribution in [2.24, 2.45) is 5.73 Å². The minimum absolute atomic E-state index is 0.152. The molecule has 2 nitrogen and oxygen atoms in total. The second-order valence-corrected chi connectivity index (χ2v) is 3.94. The molecule has 0 radical (unpaired) electrons. The van der Waals surface area contributed by atoms with E-state index in [0.29, 0.717) is 6.61 Å². The van der Waals surface area contributed by atoms with Crippen molar-refractivity contribution in [1.82, 2.24) is 0 Å². The number of fused-ring (bicyclic) bond motifs is 1. The first-order valence-corrected chi connectivity index (χ1v) is 4.72. The molecule has 0 aromatic heterocycles. The van der Waals surface area contributed by atoms with E-state index in [9.17, 15) is 0 Å². The first kappa shape index (κ1) is 8.08. The molecular weight excluding hydrogens is 218 g/mol. The summed E-state index contributed by atoms with van der Waals surface area (Å²) in [5.74, 6) is 0.964. The summed E-state index contributed by atoms with van der Waals surface area (Å²) in [4.78, 5) is 0. The second-order valence-electron chi connectivity index (χ2n) is 3.03. The van der Waals surface area contributed by atoms with Gasteiger partial charge in [0.1, 0.15) is 12.4 Å². The lowest BCUT2D eigenvalue weighted by Gasteiger charge is -2.22. The summed E-state index contributed by atoms with van der Waals surface area (Å²) in [5.41, 5.74) is 6.96.